The van der Waals surface area contributed by atoms with Crippen molar-refractivity contribution in [3.63, 3.8) is 0 Å². The molecular weight excluding hydrogens is 310 g/mol. The molecule has 0 radical (unpaired) electrons. The third kappa shape index (κ3) is 4.38. The lowest BCUT2D eigenvalue weighted by Crippen LogP contribution is -2.41. The van der Waals surface area contributed by atoms with Crippen molar-refractivity contribution in [3.8, 4) is 0 Å². The molecule has 7 heteroatoms. The minimum Gasteiger partial charge on any atom is -0.375 e. The number of halogens is 1. The van der Waals surface area contributed by atoms with E-state index in [0.717, 1.165) is 28.3 Å². The average molecular weight is 328 g/mol. The maximum Gasteiger partial charge on any atom is 0.223 e. The van der Waals surface area contributed by atoms with Crippen LogP contribution >= 0.6 is 23.7 Å². The summed E-state index contributed by atoms with van der Waals surface area (Å²) in [6.07, 6.45) is 0.386. The third-order valence-electron chi connectivity index (χ3n) is 3.19. The first-order valence-corrected chi connectivity index (χ1v) is 7.56. The molecular formula is C14H18ClN3O2S. The van der Waals surface area contributed by atoms with Crippen LogP contribution in [0.1, 0.15) is 11.4 Å². The summed E-state index contributed by atoms with van der Waals surface area (Å²) in [5, 5.41) is 7.06. The van der Waals surface area contributed by atoms with E-state index >= 15 is 0 Å². The van der Waals surface area contributed by atoms with E-state index in [9.17, 15) is 4.79 Å². The molecule has 3 rings (SSSR count). The molecule has 2 N–H and O–H groups in total. The van der Waals surface area contributed by atoms with Crippen LogP contribution in [-0.2, 0) is 16.1 Å². The van der Waals surface area contributed by atoms with Gasteiger partial charge in [-0.25, -0.2) is 4.98 Å². The number of morpholine rings is 1. The summed E-state index contributed by atoms with van der Waals surface area (Å²) >= 11 is 1.62. The second kappa shape index (κ2) is 7.70. The van der Waals surface area contributed by atoms with Crippen molar-refractivity contribution in [2.24, 2.45) is 0 Å². The highest BCUT2D eigenvalue weighted by molar-refractivity contribution is 7.18. The number of thiazole rings is 1. The predicted octanol–water partition coefficient (Wildman–Crippen LogP) is 1.71. The van der Waals surface area contributed by atoms with Gasteiger partial charge >= 0.3 is 0 Å². The molecule has 0 aliphatic carbocycles. The van der Waals surface area contributed by atoms with Gasteiger partial charge in [0.15, 0.2) is 0 Å². The SMILES string of the molecule is Cl.O=C(CC1CNCCO1)NCc1nc2ccccc2s1. The van der Waals surface area contributed by atoms with Gasteiger partial charge in [0.25, 0.3) is 0 Å². The molecule has 0 saturated carbocycles. The summed E-state index contributed by atoms with van der Waals surface area (Å²) in [7, 11) is 0. The maximum absolute atomic E-state index is 11.9. The van der Waals surface area contributed by atoms with Crippen LogP contribution in [0.4, 0.5) is 0 Å². The Kier molecular flexibility index (Phi) is 5.93. The zero-order valence-electron chi connectivity index (χ0n) is 11.5. The molecule has 2 heterocycles. The summed E-state index contributed by atoms with van der Waals surface area (Å²) in [5.74, 6) is 0.0120. The zero-order valence-corrected chi connectivity index (χ0v) is 13.1. The second-order valence-electron chi connectivity index (χ2n) is 4.75. The van der Waals surface area contributed by atoms with Crippen molar-refractivity contribution in [3.05, 3.63) is 29.3 Å². The minimum absolute atomic E-state index is 0. The van der Waals surface area contributed by atoms with Crippen LogP contribution in [-0.4, -0.2) is 36.7 Å². The van der Waals surface area contributed by atoms with Gasteiger partial charge < -0.3 is 15.4 Å². The molecule has 1 fully saturated rings. The number of benzene rings is 1. The van der Waals surface area contributed by atoms with E-state index in [0.29, 0.717) is 19.6 Å². The Morgan fingerprint density at radius 2 is 2.33 bits per heavy atom. The van der Waals surface area contributed by atoms with Gasteiger partial charge in [-0.15, -0.1) is 23.7 Å². The second-order valence-corrected chi connectivity index (χ2v) is 5.87. The third-order valence-corrected chi connectivity index (χ3v) is 4.23. The molecule has 1 saturated heterocycles. The summed E-state index contributed by atoms with van der Waals surface area (Å²) in [5.41, 5.74) is 0.988. The minimum atomic E-state index is -0.0147. The van der Waals surface area contributed by atoms with Gasteiger partial charge in [-0.1, -0.05) is 12.1 Å². The van der Waals surface area contributed by atoms with E-state index < -0.39 is 0 Å². The van der Waals surface area contributed by atoms with Crippen LogP contribution in [0.25, 0.3) is 10.2 Å². The molecule has 1 aromatic carbocycles. The summed E-state index contributed by atoms with van der Waals surface area (Å²) in [6, 6.07) is 7.99. The van der Waals surface area contributed by atoms with Crippen LogP contribution in [0.3, 0.4) is 0 Å². The van der Waals surface area contributed by atoms with E-state index in [1.807, 2.05) is 24.3 Å². The van der Waals surface area contributed by atoms with Gasteiger partial charge in [0.05, 0.1) is 35.9 Å². The Bertz CT molecular complexity index is 566. The average Bonchev–Trinajstić information content (AvgIpc) is 2.89. The van der Waals surface area contributed by atoms with Gasteiger partial charge in [-0.3, -0.25) is 4.79 Å². The first-order valence-electron chi connectivity index (χ1n) is 6.75. The van der Waals surface area contributed by atoms with Gasteiger partial charge in [0.1, 0.15) is 5.01 Å². The Balaban J connectivity index is 0.00000161. The fraction of sp³-hybridized carbons (Fsp3) is 0.429. The van der Waals surface area contributed by atoms with Gasteiger partial charge in [0.2, 0.25) is 5.91 Å². The first kappa shape index (κ1) is 16.2. The van der Waals surface area contributed by atoms with Crippen LogP contribution in [0, 0.1) is 0 Å². The van der Waals surface area contributed by atoms with Crippen LogP contribution in [0.2, 0.25) is 0 Å². The van der Waals surface area contributed by atoms with Crippen molar-refractivity contribution in [2.45, 2.75) is 19.1 Å². The Hall–Kier alpha value is -1.21. The fourth-order valence-electron chi connectivity index (χ4n) is 2.20. The monoisotopic (exact) mass is 327 g/mol. The molecule has 114 valence electrons. The van der Waals surface area contributed by atoms with Gasteiger partial charge in [-0.2, -0.15) is 0 Å². The van der Waals surface area contributed by atoms with E-state index in [2.05, 4.69) is 15.6 Å². The van der Waals surface area contributed by atoms with E-state index in [4.69, 9.17) is 4.74 Å². The highest BCUT2D eigenvalue weighted by Gasteiger charge is 2.17. The number of amides is 1. The molecule has 1 atom stereocenters. The summed E-state index contributed by atoms with van der Waals surface area (Å²) < 4.78 is 6.66. The standard InChI is InChI=1S/C14H17N3O2S.ClH/c18-13(7-10-8-15-5-6-19-10)16-9-14-17-11-3-1-2-4-12(11)20-14;/h1-4,10,15H,5-9H2,(H,16,18);1H. The van der Waals surface area contributed by atoms with Crippen molar-refractivity contribution in [1.29, 1.82) is 0 Å². The highest BCUT2D eigenvalue weighted by atomic mass is 35.5. The number of hydrogen-bond acceptors (Lipinski definition) is 5. The summed E-state index contributed by atoms with van der Waals surface area (Å²) in [6.45, 7) is 2.77. The Morgan fingerprint density at radius 1 is 1.48 bits per heavy atom. The molecule has 1 amide bonds. The van der Waals surface area contributed by atoms with Crippen molar-refractivity contribution in [2.75, 3.05) is 19.7 Å². The van der Waals surface area contributed by atoms with Gasteiger partial charge in [-0.05, 0) is 12.1 Å². The Morgan fingerprint density at radius 3 is 3.10 bits per heavy atom. The summed E-state index contributed by atoms with van der Waals surface area (Å²) in [4.78, 5) is 16.3. The van der Waals surface area contributed by atoms with E-state index in [1.165, 1.54) is 0 Å². The molecule has 1 aliphatic heterocycles. The fourth-order valence-corrected chi connectivity index (χ4v) is 3.11. The Labute approximate surface area is 133 Å². The number of carbonyl (C=O) groups excluding carboxylic acids is 1. The normalized spacial score (nSPS) is 18.2. The van der Waals surface area contributed by atoms with Crippen molar-refractivity contribution >= 4 is 39.9 Å². The number of ether oxygens (including phenoxy) is 1. The van der Waals surface area contributed by atoms with E-state index in [1.54, 1.807) is 11.3 Å². The number of hydrogen-bond donors (Lipinski definition) is 2. The quantitative estimate of drug-likeness (QED) is 0.897. The number of aromatic nitrogens is 1. The number of rotatable bonds is 4. The number of nitrogens with one attached hydrogen (secondary N) is 2. The first-order chi connectivity index (χ1) is 9.81. The number of fused-ring (bicyclic) bond motifs is 1. The molecule has 21 heavy (non-hydrogen) atoms. The number of nitrogens with zero attached hydrogens (tertiary/aromatic N) is 1. The van der Waals surface area contributed by atoms with Gasteiger partial charge in [0, 0.05) is 13.1 Å². The molecule has 0 spiro atoms. The molecule has 1 aliphatic rings. The molecule has 2 aromatic rings. The molecule has 1 unspecified atom stereocenters. The van der Waals surface area contributed by atoms with Crippen LogP contribution < -0.4 is 10.6 Å². The van der Waals surface area contributed by atoms with Crippen LogP contribution in [0.15, 0.2) is 24.3 Å². The number of carbonyl (C=O) groups is 1. The lowest BCUT2D eigenvalue weighted by molar-refractivity contribution is -0.124. The topological polar surface area (TPSA) is 63.2 Å². The number of para-hydroxylation sites is 1. The zero-order chi connectivity index (χ0) is 13.8. The molecule has 5 nitrogen and oxygen atoms in total. The molecule has 0 bridgehead atoms. The van der Waals surface area contributed by atoms with E-state index in [-0.39, 0.29) is 24.4 Å². The molecule has 1 aromatic heterocycles. The van der Waals surface area contributed by atoms with Crippen molar-refractivity contribution < 1.29 is 9.53 Å². The van der Waals surface area contributed by atoms with Crippen LogP contribution in [0.5, 0.6) is 0 Å². The maximum atomic E-state index is 11.9. The smallest absolute Gasteiger partial charge is 0.223 e. The lowest BCUT2D eigenvalue weighted by Gasteiger charge is -2.22. The lowest BCUT2D eigenvalue weighted by atomic mass is 10.2. The highest BCUT2D eigenvalue weighted by Crippen LogP contribution is 2.21. The predicted molar refractivity (Wildman–Crippen MR) is 85.9 cm³/mol. The largest absolute Gasteiger partial charge is 0.375 e. The van der Waals surface area contributed by atoms with Crippen molar-refractivity contribution in [1.82, 2.24) is 15.6 Å².